The monoisotopic (exact) mass is 627 g/mol. The van der Waals surface area contributed by atoms with Crippen LogP contribution in [-0.2, 0) is 21.4 Å². The van der Waals surface area contributed by atoms with Crippen molar-refractivity contribution < 1.29 is 40.3 Å². The number of halogens is 5. The van der Waals surface area contributed by atoms with Crippen LogP contribution in [0.3, 0.4) is 0 Å². The Morgan fingerprint density at radius 2 is 1.67 bits per heavy atom. The SMILES string of the molecule is Cc1c(N(C)C2C[C@H]3CC[C@@H](C2)N3Cc2ccccc2)cnc(S(=O)(=O)Nc2cccc(F)n2)c1F.O=C(O)C(F)(F)F. The van der Waals surface area contributed by atoms with Gasteiger partial charge >= 0.3 is 12.1 Å². The molecule has 0 radical (unpaired) electrons. The number of piperidine rings is 1. The summed E-state index contributed by atoms with van der Waals surface area (Å²) in [4.78, 5) is 21.0. The number of carbonyl (C=O) groups is 1. The minimum Gasteiger partial charge on any atom is -0.475 e. The van der Waals surface area contributed by atoms with Gasteiger partial charge in [0.05, 0.1) is 11.9 Å². The van der Waals surface area contributed by atoms with Crippen molar-refractivity contribution in [3.8, 4) is 0 Å². The molecule has 0 aliphatic carbocycles. The molecule has 0 spiro atoms. The molecule has 0 saturated carbocycles. The number of carboxylic acid groups (broad SMARTS) is 1. The zero-order valence-corrected chi connectivity index (χ0v) is 24.0. The molecular weight excluding hydrogens is 597 g/mol. The third kappa shape index (κ3) is 7.57. The third-order valence-electron chi connectivity index (χ3n) is 7.65. The molecule has 2 saturated heterocycles. The fourth-order valence-electron chi connectivity index (χ4n) is 5.55. The average molecular weight is 628 g/mol. The van der Waals surface area contributed by atoms with Crippen molar-refractivity contribution >= 4 is 27.5 Å². The van der Waals surface area contributed by atoms with Crippen LogP contribution < -0.4 is 9.62 Å². The molecule has 43 heavy (non-hydrogen) atoms. The van der Waals surface area contributed by atoms with Crippen LogP contribution in [-0.4, -0.2) is 65.7 Å². The number of carboxylic acids is 1. The predicted molar refractivity (Wildman–Crippen MR) is 148 cm³/mol. The highest BCUT2D eigenvalue weighted by Crippen LogP contribution is 2.40. The maximum absolute atomic E-state index is 15.3. The Labute approximate surface area is 245 Å². The Kier molecular flexibility index (Phi) is 9.54. The molecule has 3 atom stereocenters. The molecule has 0 amide bonds. The lowest BCUT2D eigenvalue weighted by molar-refractivity contribution is -0.192. The lowest BCUT2D eigenvalue weighted by Crippen LogP contribution is -2.49. The van der Waals surface area contributed by atoms with E-state index in [0.29, 0.717) is 17.8 Å². The van der Waals surface area contributed by atoms with Crippen LogP contribution in [0, 0.1) is 18.7 Å². The fraction of sp³-hybridized carbons (Fsp3) is 0.393. The summed E-state index contributed by atoms with van der Waals surface area (Å²) in [5, 5.41) is 6.39. The van der Waals surface area contributed by atoms with Crippen LogP contribution in [0.5, 0.6) is 0 Å². The van der Waals surface area contributed by atoms with Crippen molar-refractivity contribution in [1.82, 2.24) is 14.9 Å². The van der Waals surface area contributed by atoms with E-state index >= 15 is 4.39 Å². The van der Waals surface area contributed by atoms with Crippen LogP contribution in [0.1, 0.15) is 36.8 Å². The fourth-order valence-corrected chi connectivity index (χ4v) is 6.62. The summed E-state index contributed by atoms with van der Waals surface area (Å²) in [6.07, 6.45) is 0.514. The van der Waals surface area contributed by atoms with Gasteiger partial charge in [0.15, 0.2) is 5.82 Å². The van der Waals surface area contributed by atoms with Gasteiger partial charge < -0.3 is 10.0 Å². The smallest absolute Gasteiger partial charge is 0.475 e. The second-order valence-electron chi connectivity index (χ2n) is 10.4. The number of benzene rings is 1. The first-order chi connectivity index (χ1) is 20.2. The number of rotatable bonds is 7. The highest BCUT2D eigenvalue weighted by Gasteiger charge is 2.42. The molecule has 5 rings (SSSR count). The van der Waals surface area contributed by atoms with Crippen molar-refractivity contribution in [3.63, 3.8) is 0 Å². The number of aliphatic carboxylic acids is 1. The number of anilines is 2. The van der Waals surface area contributed by atoms with Crippen LogP contribution >= 0.6 is 0 Å². The van der Waals surface area contributed by atoms with E-state index in [1.807, 2.05) is 18.0 Å². The topological polar surface area (TPSA) is 116 Å². The number of aromatic nitrogens is 2. The lowest BCUT2D eigenvalue weighted by atomic mass is 9.95. The van der Waals surface area contributed by atoms with E-state index < -0.39 is 39.0 Å². The van der Waals surface area contributed by atoms with Crippen molar-refractivity contribution in [1.29, 1.82) is 0 Å². The number of fused-ring (bicyclic) bond motifs is 2. The zero-order chi connectivity index (χ0) is 31.5. The Morgan fingerprint density at radius 1 is 1.07 bits per heavy atom. The van der Waals surface area contributed by atoms with Crippen LogP contribution in [0.25, 0.3) is 0 Å². The molecule has 2 aromatic heterocycles. The second kappa shape index (κ2) is 12.8. The van der Waals surface area contributed by atoms with Crippen LogP contribution in [0.2, 0.25) is 0 Å². The summed E-state index contributed by atoms with van der Waals surface area (Å²) in [6.45, 7) is 2.49. The summed E-state index contributed by atoms with van der Waals surface area (Å²) in [5.74, 6) is -4.77. The quantitative estimate of drug-likeness (QED) is 0.274. The minimum atomic E-state index is -5.08. The maximum atomic E-state index is 15.3. The van der Waals surface area contributed by atoms with E-state index in [1.54, 1.807) is 6.92 Å². The molecule has 2 aliphatic rings. The largest absolute Gasteiger partial charge is 0.490 e. The van der Waals surface area contributed by atoms with Gasteiger partial charge in [-0.2, -0.15) is 26.0 Å². The van der Waals surface area contributed by atoms with Crippen molar-refractivity contribution in [2.45, 2.75) is 68.5 Å². The Hall–Kier alpha value is -3.85. The van der Waals surface area contributed by atoms with Gasteiger partial charge in [0, 0.05) is 37.3 Å². The Bertz CT molecular complexity index is 1540. The van der Waals surface area contributed by atoms with Gasteiger partial charge in [-0.1, -0.05) is 36.4 Å². The minimum absolute atomic E-state index is 0.200. The van der Waals surface area contributed by atoms with Crippen LogP contribution in [0.15, 0.2) is 59.8 Å². The summed E-state index contributed by atoms with van der Waals surface area (Å²) >= 11 is 0. The van der Waals surface area contributed by atoms with Crippen molar-refractivity contribution in [3.05, 3.63) is 77.6 Å². The first-order valence-electron chi connectivity index (χ1n) is 13.3. The van der Waals surface area contributed by atoms with E-state index in [1.165, 1.54) is 23.9 Å². The molecule has 4 heterocycles. The highest BCUT2D eigenvalue weighted by molar-refractivity contribution is 7.92. The van der Waals surface area contributed by atoms with E-state index in [9.17, 15) is 26.0 Å². The van der Waals surface area contributed by atoms with Crippen molar-refractivity contribution in [2.24, 2.45) is 0 Å². The molecule has 1 unspecified atom stereocenters. The maximum Gasteiger partial charge on any atom is 0.490 e. The van der Waals surface area contributed by atoms with Crippen LogP contribution in [0.4, 0.5) is 33.5 Å². The van der Waals surface area contributed by atoms with E-state index in [4.69, 9.17) is 9.90 Å². The van der Waals surface area contributed by atoms with Crippen molar-refractivity contribution in [2.75, 3.05) is 16.7 Å². The number of hydrogen-bond acceptors (Lipinski definition) is 7. The number of hydrogen-bond donors (Lipinski definition) is 2. The molecule has 2 bridgehead atoms. The second-order valence-corrected chi connectivity index (χ2v) is 12.0. The zero-order valence-electron chi connectivity index (χ0n) is 23.2. The molecule has 9 nitrogen and oxygen atoms in total. The van der Waals surface area contributed by atoms with E-state index in [2.05, 4.69) is 43.9 Å². The Balaban J connectivity index is 0.000000541. The lowest BCUT2D eigenvalue weighted by Gasteiger charge is -2.43. The van der Waals surface area contributed by atoms with Gasteiger partial charge in [-0.3, -0.25) is 9.62 Å². The molecule has 2 N–H and O–H groups in total. The standard InChI is InChI=1S/C26H29F2N5O2S.C2HF3O2/c1-17-22(15-29-26(25(17)28)36(34,35)31-24-10-6-9-23(27)30-24)32(2)21-13-19-11-12-20(14-21)33(19)16-18-7-4-3-5-8-18;3-2(4,5)1(6)7/h3-10,15,19-21H,11-14,16H2,1-2H3,(H,30,31);(H,6,7)/t19-,20+,21?;. The first kappa shape index (κ1) is 32.1. The third-order valence-corrected chi connectivity index (χ3v) is 8.92. The van der Waals surface area contributed by atoms with Gasteiger partial charge in [-0.15, -0.1) is 0 Å². The highest BCUT2D eigenvalue weighted by atomic mass is 32.2. The normalized spacial score (nSPS) is 20.2. The number of nitrogens with one attached hydrogen (secondary N) is 1. The average Bonchev–Trinajstić information content (AvgIpc) is 3.15. The summed E-state index contributed by atoms with van der Waals surface area (Å²) in [7, 11) is -2.47. The molecule has 2 fully saturated rings. The molecule has 232 valence electrons. The predicted octanol–water partition coefficient (Wildman–Crippen LogP) is 5.13. The molecule has 15 heteroatoms. The summed E-state index contributed by atoms with van der Waals surface area (Å²) in [5.41, 5.74) is 2.08. The number of sulfonamides is 1. The number of nitrogens with zero attached hydrogens (tertiary/aromatic N) is 4. The van der Waals surface area contributed by atoms with Gasteiger partial charge in [-0.25, -0.2) is 19.2 Å². The van der Waals surface area contributed by atoms with Gasteiger partial charge in [0.25, 0.3) is 10.0 Å². The molecule has 1 aromatic carbocycles. The number of alkyl halides is 3. The molecular formula is C28H30F5N5O4S. The first-order valence-corrected chi connectivity index (χ1v) is 14.8. The number of pyridine rings is 2. The molecule has 3 aromatic rings. The van der Waals surface area contributed by atoms with E-state index in [-0.39, 0.29) is 17.4 Å². The van der Waals surface area contributed by atoms with Gasteiger partial charge in [-0.05, 0) is 50.3 Å². The van der Waals surface area contributed by atoms with Gasteiger partial charge in [0.2, 0.25) is 11.0 Å². The molecule has 2 aliphatic heterocycles. The summed E-state index contributed by atoms with van der Waals surface area (Å²) in [6, 6.07) is 15.3. The van der Waals surface area contributed by atoms with Gasteiger partial charge in [0.1, 0.15) is 5.82 Å². The van der Waals surface area contributed by atoms with E-state index in [0.717, 1.165) is 38.3 Å². The Morgan fingerprint density at radius 3 is 2.23 bits per heavy atom. The summed E-state index contributed by atoms with van der Waals surface area (Å²) < 4.78 is 88.0.